The summed E-state index contributed by atoms with van der Waals surface area (Å²) in [5.74, 6) is 0.158. The third-order valence-corrected chi connectivity index (χ3v) is 5.25. The van der Waals surface area contributed by atoms with Crippen LogP contribution in [0, 0.1) is 13.8 Å². The molecular weight excluding hydrogens is 318 g/mol. The molecule has 0 aromatic heterocycles. The Kier molecular flexibility index (Phi) is 13.0. The summed E-state index contributed by atoms with van der Waals surface area (Å²) in [4.78, 5) is 12.1. The van der Waals surface area contributed by atoms with Gasteiger partial charge in [0.05, 0.1) is 0 Å². The molecule has 0 radical (unpaired) electrons. The summed E-state index contributed by atoms with van der Waals surface area (Å²) in [5, 5.41) is 3.08. The van der Waals surface area contributed by atoms with Gasteiger partial charge >= 0.3 is 0 Å². The van der Waals surface area contributed by atoms with Gasteiger partial charge in [-0.05, 0) is 31.4 Å². The van der Waals surface area contributed by atoms with E-state index >= 15 is 0 Å². The second kappa shape index (κ2) is 14.8. The number of anilines is 1. The molecule has 2 heteroatoms. The van der Waals surface area contributed by atoms with Crippen LogP contribution in [0.25, 0.3) is 0 Å². The highest BCUT2D eigenvalue weighted by Gasteiger charge is 2.06. The van der Waals surface area contributed by atoms with Crippen LogP contribution in [0.4, 0.5) is 5.69 Å². The Morgan fingerprint density at radius 1 is 0.731 bits per heavy atom. The van der Waals surface area contributed by atoms with Crippen LogP contribution in [0.15, 0.2) is 18.2 Å². The molecule has 148 valence electrons. The molecule has 1 aromatic rings. The van der Waals surface area contributed by atoms with Crippen LogP contribution in [0.3, 0.4) is 0 Å². The summed E-state index contributed by atoms with van der Waals surface area (Å²) in [6, 6.07) is 6.13. The summed E-state index contributed by atoms with van der Waals surface area (Å²) < 4.78 is 0. The minimum absolute atomic E-state index is 0.158. The summed E-state index contributed by atoms with van der Waals surface area (Å²) >= 11 is 0. The lowest BCUT2D eigenvalue weighted by Crippen LogP contribution is -2.13. The number of amides is 1. The fourth-order valence-electron chi connectivity index (χ4n) is 3.52. The van der Waals surface area contributed by atoms with E-state index in [1.54, 1.807) is 0 Å². The molecule has 1 rings (SSSR count). The van der Waals surface area contributed by atoms with Crippen LogP contribution in [0.2, 0.25) is 0 Å². The van der Waals surface area contributed by atoms with Crippen molar-refractivity contribution in [1.29, 1.82) is 0 Å². The van der Waals surface area contributed by atoms with E-state index in [0.29, 0.717) is 6.42 Å². The minimum atomic E-state index is 0.158. The van der Waals surface area contributed by atoms with E-state index in [-0.39, 0.29) is 5.91 Å². The van der Waals surface area contributed by atoms with Crippen molar-refractivity contribution in [2.24, 2.45) is 0 Å². The first kappa shape index (κ1) is 22.7. The predicted octanol–water partition coefficient (Wildman–Crippen LogP) is 7.72. The van der Waals surface area contributed by atoms with Crippen LogP contribution < -0.4 is 5.32 Å². The normalized spacial score (nSPS) is 10.9. The van der Waals surface area contributed by atoms with Crippen LogP contribution in [0.1, 0.15) is 108 Å². The third kappa shape index (κ3) is 10.6. The fraction of sp³-hybridized carbons (Fsp3) is 0.708. The first-order valence-corrected chi connectivity index (χ1v) is 11.0. The van der Waals surface area contributed by atoms with Crippen molar-refractivity contribution in [2.45, 2.75) is 111 Å². The van der Waals surface area contributed by atoms with Gasteiger partial charge in [-0.3, -0.25) is 4.79 Å². The second-order valence-corrected chi connectivity index (χ2v) is 7.81. The molecule has 0 aliphatic carbocycles. The number of rotatable bonds is 15. The summed E-state index contributed by atoms with van der Waals surface area (Å²) in [6.07, 6.45) is 18.0. The lowest BCUT2D eigenvalue weighted by atomic mass is 10.0. The molecule has 1 N–H and O–H groups in total. The third-order valence-electron chi connectivity index (χ3n) is 5.25. The lowest BCUT2D eigenvalue weighted by molar-refractivity contribution is -0.116. The Morgan fingerprint density at radius 2 is 1.15 bits per heavy atom. The molecule has 0 unspecified atom stereocenters. The molecule has 0 spiro atoms. The molecule has 1 aromatic carbocycles. The predicted molar refractivity (Wildman–Crippen MR) is 115 cm³/mol. The number of unbranched alkanes of at least 4 members (excludes halogenated alkanes) is 12. The maximum Gasteiger partial charge on any atom is 0.224 e. The van der Waals surface area contributed by atoms with Gasteiger partial charge in [-0.25, -0.2) is 0 Å². The van der Waals surface area contributed by atoms with E-state index in [4.69, 9.17) is 0 Å². The topological polar surface area (TPSA) is 29.1 Å². The average molecular weight is 360 g/mol. The van der Waals surface area contributed by atoms with Gasteiger partial charge in [0.1, 0.15) is 0 Å². The zero-order chi connectivity index (χ0) is 19.0. The molecule has 0 heterocycles. The molecule has 0 atom stereocenters. The van der Waals surface area contributed by atoms with Gasteiger partial charge in [0, 0.05) is 12.1 Å². The highest BCUT2D eigenvalue weighted by Crippen LogP contribution is 2.20. The Bertz CT molecular complexity index is 475. The van der Waals surface area contributed by atoms with Gasteiger partial charge in [-0.2, -0.15) is 0 Å². The van der Waals surface area contributed by atoms with Gasteiger partial charge in [-0.1, -0.05) is 102 Å². The van der Waals surface area contributed by atoms with E-state index in [9.17, 15) is 4.79 Å². The summed E-state index contributed by atoms with van der Waals surface area (Å²) in [5.41, 5.74) is 3.28. The lowest BCUT2D eigenvalue weighted by Gasteiger charge is -2.11. The Hall–Kier alpha value is -1.31. The number of hydrogen-bond acceptors (Lipinski definition) is 1. The molecule has 1 amide bonds. The van der Waals surface area contributed by atoms with E-state index in [0.717, 1.165) is 23.2 Å². The van der Waals surface area contributed by atoms with Gasteiger partial charge in [0.25, 0.3) is 0 Å². The Labute approximate surface area is 162 Å². The average Bonchev–Trinajstić information content (AvgIpc) is 2.62. The molecule has 0 aliphatic heterocycles. The van der Waals surface area contributed by atoms with Gasteiger partial charge in [-0.15, -0.1) is 0 Å². The first-order chi connectivity index (χ1) is 12.6. The number of para-hydroxylation sites is 1. The monoisotopic (exact) mass is 359 g/mol. The number of hydrogen-bond donors (Lipinski definition) is 1. The Balaban J connectivity index is 1.93. The van der Waals surface area contributed by atoms with Crippen LogP contribution in [-0.4, -0.2) is 5.91 Å². The molecule has 0 bridgehead atoms. The van der Waals surface area contributed by atoms with Gasteiger partial charge in [0.2, 0.25) is 5.91 Å². The second-order valence-electron chi connectivity index (χ2n) is 7.81. The largest absolute Gasteiger partial charge is 0.326 e. The van der Waals surface area contributed by atoms with Crippen molar-refractivity contribution in [3.63, 3.8) is 0 Å². The standard InChI is InChI=1S/C24H41NO/c1-4-5-6-7-8-9-10-11-12-13-14-15-16-20-23(26)25-24-21(2)18-17-19-22(24)3/h17-19H,4-16,20H2,1-3H3,(H,25,26). The SMILES string of the molecule is CCCCCCCCCCCCCCCC(=O)Nc1c(C)cccc1C. The maximum atomic E-state index is 12.1. The van der Waals surface area contributed by atoms with E-state index in [1.165, 1.54) is 77.0 Å². The van der Waals surface area contributed by atoms with Crippen molar-refractivity contribution in [3.8, 4) is 0 Å². The molecule has 0 aliphatic rings. The smallest absolute Gasteiger partial charge is 0.224 e. The van der Waals surface area contributed by atoms with Crippen LogP contribution >= 0.6 is 0 Å². The number of carbonyl (C=O) groups excluding carboxylic acids is 1. The van der Waals surface area contributed by atoms with Gasteiger partial charge in [0.15, 0.2) is 0 Å². The van der Waals surface area contributed by atoms with Crippen LogP contribution in [-0.2, 0) is 4.79 Å². The molecule has 0 fully saturated rings. The summed E-state index contributed by atoms with van der Waals surface area (Å²) in [7, 11) is 0. The van der Waals surface area contributed by atoms with Crippen molar-refractivity contribution in [1.82, 2.24) is 0 Å². The molecule has 2 nitrogen and oxygen atoms in total. The molecule has 26 heavy (non-hydrogen) atoms. The number of carbonyl (C=O) groups is 1. The fourth-order valence-corrected chi connectivity index (χ4v) is 3.52. The van der Waals surface area contributed by atoms with Gasteiger partial charge < -0.3 is 5.32 Å². The molecule has 0 saturated carbocycles. The number of nitrogens with one attached hydrogen (secondary N) is 1. The van der Waals surface area contributed by atoms with E-state index in [2.05, 4.69) is 12.2 Å². The number of aryl methyl sites for hydroxylation is 2. The van der Waals surface area contributed by atoms with Crippen molar-refractivity contribution >= 4 is 11.6 Å². The first-order valence-electron chi connectivity index (χ1n) is 11.0. The Morgan fingerprint density at radius 3 is 1.62 bits per heavy atom. The number of benzene rings is 1. The van der Waals surface area contributed by atoms with Crippen molar-refractivity contribution in [2.75, 3.05) is 5.32 Å². The molecule has 0 saturated heterocycles. The zero-order valence-electron chi connectivity index (χ0n) is 17.5. The highest BCUT2D eigenvalue weighted by atomic mass is 16.1. The summed E-state index contributed by atoms with van der Waals surface area (Å²) in [6.45, 7) is 6.37. The maximum absolute atomic E-state index is 12.1. The van der Waals surface area contributed by atoms with Crippen LogP contribution in [0.5, 0.6) is 0 Å². The highest BCUT2D eigenvalue weighted by molar-refractivity contribution is 5.92. The van der Waals surface area contributed by atoms with E-state index < -0.39 is 0 Å². The van der Waals surface area contributed by atoms with Crippen molar-refractivity contribution < 1.29 is 4.79 Å². The molecular formula is C24H41NO. The van der Waals surface area contributed by atoms with E-state index in [1.807, 2.05) is 32.0 Å². The van der Waals surface area contributed by atoms with Crippen molar-refractivity contribution in [3.05, 3.63) is 29.3 Å². The minimum Gasteiger partial charge on any atom is -0.326 e. The zero-order valence-corrected chi connectivity index (χ0v) is 17.5. The quantitative estimate of drug-likeness (QED) is 0.319.